The molecule has 1 aliphatic carbocycles. The molecule has 3 heteroatoms. The molecule has 1 aromatic rings. The Morgan fingerprint density at radius 3 is 3.00 bits per heavy atom. The van der Waals surface area contributed by atoms with Crippen molar-refractivity contribution in [1.29, 1.82) is 0 Å². The van der Waals surface area contributed by atoms with Crippen molar-refractivity contribution in [3.8, 4) is 0 Å². The van der Waals surface area contributed by atoms with Crippen molar-refractivity contribution < 1.29 is 0 Å². The molecule has 0 unspecified atom stereocenters. The van der Waals surface area contributed by atoms with Gasteiger partial charge in [-0.15, -0.1) is 0 Å². The Balaban J connectivity index is 1.95. The monoisotopic (exact) mass is 191 g/mol. The molecule has 0 aromatic carbocycles. The normalized spacial score (nSPS) is 25.6. The summed E-state index contributed by atoms with van der Waals surface area (Å²) in [4.78, 5) is 4.26. The number of hydrogen-bond acceptors (Lipinski definition) is 3. The van der Waals surface area contributed by atoms with Crippen LogP contribution in [0.25, 0.3) is 0 Å². The molecule has 1 aromatic heterocycles. The van der Waals surface area contributed by atoms with Crippen LogP contribution < -0.4 is 11.1 Å². The lowest BCUT2D eigenvalue weighted by Crippen LogP contribution is -2.44. The van der Waals surface area contributed by atoms with E-state index in [2.05, 4.69) is 23.3 Å². The van der Waals surface area contributed by atoms with Gasteiger partial charge in [-0.1, -0.05) is 6.92 Å². The summed E-state index contributed by atoms with van der Waals surface area (Å²) in [6.45, 7) is 2.12. The molecule has 1 aliphatic rings. The van der Waals surface area contributed by atoms with Gasteiger partial charge >= 0.3 is 0 Å². The van der Waals surface area contributed by atoms with Gasteiger partial charge < -0.3 is 11.1 Å². The summed E-state index contributed by atoms with van der Waals surface area (Å²) in [5.74, 6) is 0. The molecule has 2 rings (SSSR count). The van der Waals surface area contributed by atoms with Crippen LogP contribution in [0.4, 0.5) is 5.69 Å². The first kappa shape index (κ1) is 9.46. The maximum Gasteiger partial charge on any atom is 0.0421 e. The number of pyridine rings is 1. The predicted molar refractivity (Wildman–Crippen MR) is 58.2 cm³/mol. The summed E-state index contributed by atoms with van der Waals surface area (Å²) >= 11 is 0. The summed E-state index contributed by atoms with van der Waals surface area (Å²) in [5, 5.41) is 3.46. The Labute approximate surface area is 84.7 Å². The number of aromatic nitrogens is 1. The van der Waals surface area contributed by atoms with Gasteiger partial charge in [0, 0.05) is 29.7 Å². The highest BCUT2D eigenvalue weighted by atomic mass is 15.0. The van der Waals surface area contributed by atoms with Crippen LogP contribution in [0.1, 0.15) is 25.5 Å². The van der Waals surface area contributed by atoms with Gasteiger partial charge in [-0.3, -0.25) is 4.98 Å². The van der Waals surface area contributed by atoms with Crippen molar-refractivity contribution in [2.45, 2.75) is 38.3 Å². The highest BCUT2D eigenvalue weighted by molar-refractivity contribution is 5.44. The number of nitrogens with two attached hydrogens (primary N) is 1. The second-order valence-corrected chi connectivity index (χ2v) is 3.96. The van der Waals surface area contributed by atoms with Crippen molar-refractivity contribution in [1.82, 2.24) is 4.98 Å². The number of rotatable bonds is 3. The Morgan fingerprint density at radius 1 is 1.57 bits per heavy atom. The molecule has 0 spiro atoms. The predicted octanol–water partition coefficient (Wildman–Crippen LogP) is 1.55. The summed E-state index contributed by atoms with van der Waals surface area (Å²) in [6.07, 6.45) is 5.02. The summed E-state index contributed by atoms with van der Waals surface area (Å²) in [7, 11) is 0. The number of hydrogen-bond donors (Lipinski definition) is 2. The van der Waals surface area contributed by atoms with Crippen molar-refractivity contribution >= 4 is 5.69 Å². The van der Waals surface area contributed by atoms with Crippen LogP contribution >= 0.6 is 0 Å². The maximum atomic E-state index is 5.73. The van der Waals surface area contributed by atoms with E-state index in [0.717, 1.165) is 25.0 Å². The molecule has 76 valence electrons. The molecule has 0 atom stereocenters. The molecule has 0 saturated heterocycles. The average molecular weight is 191 g/mol. The first-order valence-electron chi connectivity index (χ1n) is 5.25. The van der Waals surface area contributed by atoms with Crippen LogP contribution in [0.15, 0.2) is 18.3 Å². The number of nitrogens with one attached hydrogen (secondary N) is 1. The van der Waals surface area contributed by atoms with E-state index >= 15 is 0 Å². The smallest absolute Gasteiger partial charge is 0.0421 e. The molecule has 0 radical (unpaired) electrons. The third kappa shape index (κ3) is 2.04. The lowest BCUT2D eigenvalue weighted by atomic mass is 9.87. The second kappa shape index (κ2) is 3.96. The van der Waals surface area contributed by atoms with Gasteiger partial charge in [-0.05, 0) is 31.4 Å². The third-order valence-corrected chi connectivity index (χ3v) is 2.72. The minimum atomic E-state index is 0.403. The van der Waals surface area contributed by atoms with E-state index < -0.39 is 0 Å². The molecular weight excluding hydrogens is 174 g/mol. The minimum absolute atomic E-state index is 0.403. The van der Waals surface area contributed by atoms with E-state index in [1.807, 2.05) is 12.3 Å². The van der Waals surface area contributed by atoms with E-state index in [9.17, 15) is 0 Å². The van der Waals surface area contributed by atoms with Crippen molar-refractivity contribution in [2.24, 2.45) is 5.73 Å². The van der Waals surface area contributed by atoms with Gasteiger partial charge in [0.1, 0.15) is 0 Å². The summed E-state index contributed by atoms with van der Waals surface area (Å²) < 4.78 is 0. The van der Waals surface area contributed by atoms with Crippen LogP contribution in [0.2, 0.25) is 0 Å². The SMILES string of the molecule is CCc1cc(NC2CC(N)C2)ccn1. The molecule has 3 N–H and O–H groups in total. The van der Waals surface area contributed by atoms with E-state index in [-0.39, 0.29) is 0 Å². The van der Waals surface area contributed by atoms with Gasteiger partial charge in [0.2, 0.25) is 0 Å². The molecule has 14 heavy (non-hydrogen) atoms. The van der Waals surface area contributed by atoms with Crippen LogP contribution in [0.3, 0.4) is 0 Å². The van der Waals surface area contributed by atoms with Gasteiger partial charge in [-0.25, -0.2) is 0 Å². The topological polar surface area (TPSA) is 50.9 Å². The zero-order valence-corrected chi connectivity index (χ0v) is 8.53. The first-order chi connectivity index (χ1) is 6.78. The molecule has 1 fully saturated rings. The second-order valence-electron chi connectivity index (χ2n) is 3.96. The van der Waals surface area contributed by atoms with Gasteiger partial charge in [0.05, 0.1) is 0 Å². The largest absolute Gasteiger partial charge is 0.382 e. The number of nitrogens with zero attached hydrogens (tertiary/aromatic N) is 1. The Hall–Kier alpha value is -1.09. The lowest BCUT2D eigenvalue weighted by Gasteiger charge is -2.33. The standard InChI is InChI=1S/C11H17N3/c1-2-9-7-10(3-4-13-9)14-11-5-8(12)6-11/h3-4,7-8,11H,2,5-6,12H2,1H3,(H,13,14). The Kier molecular flexibility index (Phi) is 2.68. The van der Waals surface area contributed by atoms with Crippen molar-refractivity contribution in [3.05, 3.63) is 24.0 Å². The highest BCUT2D eigenvalue weighted by Gasteiger charge is 2.25. The quantitative estimate of drug-likeness (QED) is 0.762. The van der Waals surface area contributed by atoms with E-state index in [0.29, 0.717) is 12.1 Å². The molecule has 1 saturated carbocycles. The van der Waals surface area contributed by atoms with Crippen molar-refractivity contribution in [2.75, 3.05) is 5.32 Å². The van der Waals surface area contributed by atoms with Crippen LogP contribution in [0, 0.1) is 0 Å². The van der Waals surface area contributed by atoms with Crippen molar-refractivity contribution in [3.63, 3.8) is 0 Å². The molecular formula is C11H17N3. The average Bonchev–Trinajstić information content (AvgIpc) is 2.16. The van der Waals surface area contributed by atoms with E-state index in [4.69, 9.17) is 5.73 Å². The highest BCUT2D eigenvalue weighted by Crippen LogP contribution is 2.22. The Morgan fingerprint density at radius 2 is 2.36 bits per heavy atom. The molecule has 0 amide bonds. The lowest BCUT2D eigenvalue weighted by molar-refractivity contribution is 0.373. The Bertz CT molecular complexity index is 305. The van der Waals surface area contributed by atoms with Gasteiger partial charge in [0.25, 0.3) is 0 Å². The maximum absolute atomic E-state index is 5.73. The number of anilines is 1. The zero-order chi connectivity index (χ0) is 9.97. The van der Waals surface area contributed by atoms with E-state index in [1.54, 1.807) is 0 Å². The van der Waals surface area contributed by atoms with Crippen LogP contribution in [-0.2, 0) is 6.42 Å². The molecule has 3 nitrogen and oxygen atoms in total. The fraction of sp³-hybridized carbons (Fsp3) is 0.545. The number of aryl methyl sites for hydroxylation is 1. The fourth-order valence-corrected chi connectivity index (χ4v) is 1.78. The third-order valence-electron chi connectivity index (χ3n) is 2.72. The molecule has 1 heterocycles. The summed E-state index contributed by atoms with van der Waals surface area (Å²) in [6, 6.07) is 5.10. The van der Waals surface area contributed by atoms with Crippen LogP contribution in [-0.4, -0.2) is 17.1 Å². The molecule has 0 aliphatic heterocycles. The van der Waals surface area contributed by atoms with Crippen LogP contribution in [0.5, 0.6) is 0 Å². The van der Waals surface area contributed by atoms with E-state index in [1.165, 1.54) is 5.69 Å². The van der Waals surface area contributed by atoms with Gasteiger partial charge in [0.15, 0.2) is 0 Å². The zero-order valence-electron chi connectivity index (χ0n) is 8.53. The van der Waals surface area contributed by atoms with Gasteiger partial charge in [-0.2, -0.15) is 0 Å². The fourth-order valence-electron chi connectivity index (χ4n) is 1.78. The minimum Gasteiger partial charge on any atom is -0.382 e. The molecule has 0 bridgehead atoms. The first-order valence-corrected chi connectivity index (χ1v) is 5.25. The summed E-state index contributed by atoms with van der Waals surface area (Å²) in [5.41, 5.74) is 8.04.